The van der Waals surface area contributed by atoms with Gasteiger partial charge >= 0.3 is 5.97 Å². The van der Waals surface area contributed by atoms with Gasteiger partial charge in [-0.05, 0) is 25.0 Å². The number of nitrogens with two attached hydrogens (primary N) is 1. The molecular weight excluding hydrogens is 423 g/mol. The van der Waals surface area contributed by atoms with Gasteiger partial charge in [0.05, 0.1) is 17.4 Å². The lowest BCUT2D eigenvalue weighted by Gasteiger charge is -2.24. The van der Waals surface area contributed by atoms with E-state index in [0.717, 1.165) is 11.3 Å². The molecule has 9 heteroatoms. The van der Waals surface area contributed by atoms with Crippen molar-refractivity contribution >= 4 is 57.3 Å². The first-order valence-corrected chi connectivity index (χ1v) is 9.98. The van der Waals surface area contributed by atoms with Crippen LogP contribution >= 0.6 is 34.5 Å². The van der Waals surface area contributed by atoms with Crippen LogP contribution in [0, 0.1) is 11.8 Å². The molecule has 0 fully saturated rings. The standard InChI is InChI=1S/C19H16Cl2N2O4S/c20-9-5-6-10(14(21)7-9)13-8-28-18(15(13)16(22)24)23-17(25)11-3-1-2-4-12(11)19(26)27/h1-2,5-8,11-12H,3-4H2,(H2,22,24)(H,23,25)(H,26,27)/t11-,12+/m0/s1. The summed E-state index contributed by atoms with van der Waals surface area (Å²) in [6, 6.07) is 4.84. The van der Waals surface area contributed by atoms with Crippen LogP contribution in [0.1, 0.15) is 23.2 Å². The van der Waals surface area contributed by atoms with Gasteiger partial charge < -0.3 is 16.2 Å². The highest BCUT2D eigenvalue weighted by Crippen LogP contribution is 2.40. The molecule has 0 saturated carbocycles. The quantitative estimate of drug-likeness (QED) is 0.599. The first-order valence-electron chi connectivity index (χ1n) is 8.35. The summed E-state index contributed by atoms with van der Waals surface area (Å²) in [5.41, 5.74) is 6.71. The molecule has 6 nitrogen and oxygen atoms in total. The number of halogens is 2. The lowest BCUT2D eigenvalue weighted by molar-refractivity contribution is -0.146. The molecule has 0 bridgehead atoms. The second kappa shape index (κ2) is 8.34. The van der Waals surface area contributed by atoms with Crippen LogP contribution in [0.25, 0.3) is 11.1 Å². The number of aliphatic carboxylic acids is 1. The predicted molar refractivity (Wildman–Crippen MR) is 110 cm³/mol. The van der Waals surface area contributed by atoms with Crippen LogP contribution < -0.4 is 11.1 Å². The molecule has 0 saturated heterocycles. The van der Waals surface area contributed by atoms with Gasteiger partial charge in [0.15, 0.2) is 0 Å². The Labute approximate surface area is 174 Å². The van der Waals surface area contributed by atoms with E-state index in [9.17, 15) is 19.5 Å². The molecule has 1 aromatic heterocycles. The highest BCUT2D eigenvalue weighted by Gasteiger charge is 2.34. The highest BCUT2D eigenvalue weighted by molar-refractivity contribution is 7.15. The first kappa shape index (κ1) is 20.4. The number of carbonyl (C=O) groups excluding carboxylic acids is 2. The molecule has 0 spiro atoms. The van der Waals surface area contributed by atoms with Crippen LogP contribution in [0.3, 0.4) is 0 Å². The molecule has 0 aliphatic heterocycles. The summed E-state index contributed by atoms with van der Waals surface area (Å²) in [7, 11) is 0. The zero-order valence-electron chi connectivity index (χ0n) is 14.4. The first-order chi connectivity index (χ1) is 13.3. The van der Waals surface area contributed by atoms with Crippen molar-refractivity contribution in [2.75, 3.05) is 5.32 Å². The number of nitrogens with one attached hydrogen (secondary N) is 1. The van der Waals surface area contributed by atoms with E-state index in [1.807, 2.05) is 0 Å². The fourth-order valence-electron chi connectivity index (χ4n) is 3.18. The fraction of sp³-hybridized carbons (Fsp3) is 0.211. The third kappa shape index (κ3) is 4.06. The summed E-state index contributed by atoms with van der Waals surface area (Å²) in [6.07, 6.45) is 4.14. The zero-order chi connectivity index (χ0) is 20.4. The molecule has 1 heterocycles. The number of allylic oxidation sites excluding steroid dienone is 2. The molecule has 2 aromatic rings. The van der Waals surface area contributed by atoms with E-state index in [0.29, 0.717) is 27.6 Å². The van der Waals surface area contributed by atoms with Crippen LogP contribution in [0.15, 0.2) is 35.7 Å². The van der Waals surface area contributed by atoms with E-state index < -0.39 is 29.6 Å². The number of benzene rings is 1. The number of rotatable bonds is 5. The van der Waals surface area contributed by atoms with Crippen LogP contribution in [-0.2, 0) is 9.59 Å². The third-order valence-electron chi connectivity index (χ3n) is 4.58. The molecule has 146 valence electrons. The number of anilines is 1. The second-order valence-corrected chi connectivity index (χ2v) is 8.05. The topological polar surface area (TPSA) is 109 Å². The minimum Gasteiger partial charge on any atom is -0.481 e. The van der Waals surface area contributed by atoms with Gasteiger partial charge in [-0.3, -0.25) is 14.4 Å². The molecular formula is C19H16Cl2N2O4S. The monoisotopic (exact) mass is 438 g/mol. The lowest BCUT2D eigenvalue weighted by Crippen LogP contribution is -2.35. The molecule has 2 amide bonds. The highest BCUT2D eigenvalue weighted by atomic mass is 35.5. The summed E-state index contributed by atoms with van der Waals surface area (Å²) in [6.45, 7) is 0. The molecule has 1 aromatic carbocycles. The molecule has 0 radical (unpaired) electrons. The van der Waals surface area contributed by atoms with Gasteiger partial charge in [0.1, 0.15) is 5.00 Å². The number of carboxylic acids is 1. The zero-order valence-corrected chi connectivity index (χ0v) is 16.8. The molecule has 1 aliphatic rings. The molecule has 0 unspecified atom stereocenters. The molecule has 3 rings (SSSR count). The van der Waals surface area contributed by atoms with Crippen molar-refractivity contribution < 1.29 is 19.5 Å². The summed E-state index contributed by atoms with van der Waals surface area (Å²) >= 11 is 13.3. The summed E-state index contributed by atoms with van der Waals surface area (Å²) < 4.78 is 0. The Hall–Kier alpha value is -2.35. The Balaban J connectivity index is 1.94. The van der Waals surface area contributed by atoms with Gasteiger partial charge in [0.2, 0.25) is 5.91 Å². The van der Waals surface area contributed by atoms with Crippen molar-refractivity contribution in [2.45, 2.75) is 12.8 Å². The summed E-state index contributed by atoms with van der Waals surface area (Å²) in [4.78, 5) is 36.2. The van der Waals surface area contributed by atoms with Gasteiger partial charge in [0.25, 0.3) is 5.91 Å². The van der Waals surface area contributed by atoms with Crippen molar-refractivity contribution in [3.8, 4) is 11.1 Å². The van der Waals surface area contributed by atoms with E-state index in [2.05, 4.69) is 5.32 Å². The van der Waals surface area contributed by atoms with Gasteiger partial charge in [-0.1, -0.05) is 41.4 Å². The van der Waals surface area contributed by atoms with E-state index in [1.165, 1.54) is 0 Å². The molecule has 2 atom stereocenters. The van der Waals surface area contributed by atoms with Crippen molar-refractivity contribution in [1.82, 2.24) is 0 Å². The fourth-order valence-corrected chi connectivity index (χ4v) is 4.66. The SMILES string of the molecule is NC(=O)c1c(-c2ccc(Cl)cc2Cl)csc1NC(=O)[C@H]1CC=CC[C@H]1C(=O)O. The normalized spacial score (nSPS) is 18.6. The van der Waals surface area contributed by atoms with E-state index in [-0.39, 0.29) is 17.0 Å². The average Bonchev–Trinajstić information content (AvgIpc) is 3.05. The number of hydrogen-bond donors (Lipinski definition) is 3. The maximum absolute atomic E-state index is 12.7. The van der Waals surface area contributed by atoms with E-state index >= 15 is 0 Å². The number of hydrogen-bond acceptors (Lipinski definition) is 4. The number of primary amides is 1. The minimum atomic E-state index is -1.03. The summed E-state index contributed by atoms with van der Waals surface area (Å²) in [5.74, 6) is -3.76. The lowest BCUT2D eigenvalue weighted by atomic mass is 9.82. The van der Waals surface area contributed by atoms with Crippen molar-refractivity contribution in [1.29, 1.82) is 0 Å². The maximum atomic E-state index is 12.7. The predicted octanol–water partition coefficient (Wildman–Crippen LogP) is 4.43. The number of amides is 2. The second-order valence-electron chi connectivity index (χ2n) is 6.33. The largest absolute Gasteiger partial charge is 0.481 e. The van der Waals surface area contributed by atoms with Crippen molar-refractivity contribution in [3.05, 3.63) is 51.3 Å². The molecule has 1 aliphatic carbocycles. The third-order valence-corrected chi connectivity index (χ3v) is 6.03. The Morgan fingerprint density at radius 1 is 1.11 bits per heavy atom. The Morgan fingerprint density at radius 2 is 1.79 bits per heavy atom. The Bertz CT molecular complexity index is 986. The van der Waals surface area contributed by atoms with Crippen LogP contribution in [0.5, 0.6) is 0 Å². The Kier molecular flexibility index (Phi) is 6.07. The van der Waals surface area contributed by atoms with Gasteiger partial charge in [-0.15, -0.1) is 11.3 Å². The smallest absolute Gasteiger partial charge is 0.307 e. The van der Waals surface area contributed by atoms with E-state index in [1.54, 1.807) is 35.7 Å². The van der Waals surface area contributed by atoms with Crippen LogP contribution in [-0.4, -0.2) is 22.9 Å². The van der Waals surface area contributed by atoms with E-state index in [4.69, 9.17) is 28.9 Å². The molecule has 4 N–H and O–H groups in total. The molecule has 28 heavy (non-hydrogen) atoms. The van der Waals surface area contributed by atoms with Crippen LogP contribution in [0.4, 0.5) is 5.00 Å². The van der Waals surface area contributed by atoms with Gasteiger partial charge in [-0.25, -0.2) is 0 Å². The Morgan fingerprint density at radius 3 is 2.39 bits per heavy atom. The van der Waals surface area contributed by atoms with Crippen LogP contribution in [0.2, 0.25) is 10.0 Å². The minimum absolute atomic E-state index is 0.126. The van der Waals surface area contributed by atoms with Gasteiger partial charge in [0, 0.05) is 26.6 Å². The number of carbonyl (C=O) groups is 3. The van der Waals surface area contributed by atoms with Crippen molar-refractivity contribution in [2.24, 2.45) is 17.6 Å². The average molecular weight is 439 g/mol. The number of carboxylic acid groups (broad SMARTS) is 1. The summed E-state index contributed by atoms with van der Waals surface area (Å²) in [5, 5.41) is 14.8. The maximum Gasteiger partial charge on any atom is 0.307 e. The van der Waals surface area contributed by atoms with Crippen molar-refractivity contribution in [3.63, 3.8) is 0 Å². The van der Waals surface area contributed by atoms with Gasteiger partial charge in [-0.2, -0.15) is 0 Å². The number of thiophene rings is 1.